The van der Waals surface area contributed by atoms with Crippen molar-refractivity contribution in [2.75, 3.05) is 26.7 Å². The molecule has 0 aliphatic carbocycles. The Balaban J connectivity index is 2.18. The molecule has 0 bridgehead atoms. The van der Waals surface area contributed by atoms with E-state index in [2.05, 4.69) is 44.9 Å². The van der Waals surface area contributed by atoms with Gasteiger partial charge in [-0.05, 0) is 57.4 Å². The van der Waals surface area contributed by atoms with Crippen LogP contribution in [-0.4, -0.2) is 37.7 Å². The highest BCUT2D eigenvalue weighted by atomic mass is 16.5. The first-order chi connectivity index (χ1) is 9.52. The second kappa shape index (κ2) is 6.70. The van der Waals surface area contributed by atoms with Gasteiger partial charge in [-0.15, -0.1) is 0 Å². The van der Waals surface area contributed by atoms with E-state index >= 15 is 0 Å². The maximum absolute atomic E-state index is 6.07. The summed E-state index contributed by atoms with van der Waals surface area (Å²) in [7, 11) is 2.16. The molecule has 112 valence electrons. The first-order valence-electron chi connectivity index (χ1n) is 7.62. The van der Waals surface area contributed by atoms with Gasteiger partial charge in [0.15, 0.2) is 0 Å². The van der Waals surface area contributed by atoms with Crippen LogP contribution in [0.5, 0.6) is 0 Å². The lowest BCUT2D eigenvalue weighted by Gasteiger charge is -2.31. The number of nitrogens with zero attached hydrogens (tertiary/aromatic N) is 1. The molecule has 0 aromatic heterocycles. The largest absolute Gasteiger partial charge is 0.377 e. The van der Waals surface area contributed by atoms with E-state index in [0.29, 0.717) is 12.6 Å². The Kier molecular flexibility index (Phi) is 5.19. The molecule has 20 heavy (non-hydrogen) atoms. The molecule has 1 aliphatic rings. The molecule has 1 saturated heterocycles. The van der Waals surface area contributed by atoms with Gasteiger partial charge in [-0.25, -0.2) is 0 Å². The molecule has 3 nitrogen and oxygen atoms in total. The van der Waals surface area contributed by atoms with Crippen LogP contribution < -0.4 is 5.73 Å². The van der Waals surface area contributed by atoms with Gasteiger partial charge in [0.25, 0.3) is 0 Å². The van der Waals surface area contributed by atoms with E-state index in [9.17, 15) is 0 Å². The minimum Gasteiger partial charge on any atom is -0.377 e. The van der Waals surface area contributed by atoms with Gasteiger partial charge < -0.3 is 10.5 Å². The summed E-state index contributed by atoms with van der Waals surface area (Å²) in [6.45, 7) is 9.06. The van der Waals surface area contributed by atoms with E-state index in [4.69, 9.17) is 10.5 Å². The Morgan fingerprint density at radius 1 is 1.30 bits per heavy atom. The zero-order chi connectivity index (χ0) is 14.7. The molecule has 0 amide bonds. The summed E-state index contributed by atoms with van der Waals surface area (Å²) in [6, 6.07) is 4.79. The molecular formula is C17H28N2O. The molecule has 1 aromatic rings. The Hall–Kier alpha value is -0.900. The lowest BCUT2D eigenvalue weighted by atomic mass is 9.93. The second-order valence-electron chi connectivity index (χ2n) is 6.14. The van der Waals surface area contributed by atoms with Crippen LogP contribution in [0.3, 0.4) is 0 Å². The first-order valence-corrected chi connectivity index (χ1v) is 7.62. The molecule has 1 fully saturated rings. The first kappa shape index (κ1) is 15.5. The number of nitrogens with two attached hydrogens (primary N) is 1. The predicted molar refractivity (Wildman–Crippen MR) is 84.1 cm³/mol. The van der Waals surface area contributed by atoms with Gasteiger partial charge in [-0.3, -0.25) is 4.90 Å². The molecule has 3 heteroatoms. The SMILES string of the molecule is Cc1cc(C)c(C(CN)N(C)CC2CCCO2)c(C)c1. The maximum Gasteiger partial charge on any atom is 0.0702 e. The van der Waals surface area contributed by atoms with E-state index in [1.807, 2.05) is 0 Å². The minimum atomic E-state index is 0.278. The van der Waals surface area contributed by atoms with Gasteiger partial charge in [0.2, 0.25) is 0 Å². The van der Waals surface area contributed by atoms with Crippen molar-refractivity contribution in [3.63, 3.8) is 0 Å². The van der Waals surface area contributed by atoms with Crippen molar-refractivity contribution in [2.45, 2.75) is 45.8 Å². The average molecular weight is 276 g/mol. The monoisotopic (exact) mass is 276 g/mol. The number of hydrogen-bond donors (Lipinski definition) is 1. The Labute approximate surface area is 123 Å². The quantitative estimate of drug-likeness (QED) is 0.898. The Morgan fingerprint density at radius 2 is 1.95 bits per heavy atom. The summed E-state index contributed by atoms with van der Waals surface area (Å²) in [5, 5.41) is 0. The number of rotatable bonds is 5. The van der Waals surface area contributed by atoms with Crippen molar-refractivity contribution in [2.24, 2.45) is 5.73 Å². The zero-order valence-electron chi connectivity index (χ0n) is 13.3. The maximum atomic E-state index is 6.07. The van der Waals surface area contributed by atoms with Gasteiger partial charge in [0, 0.05) is 25.7 Å². The van der Waals surface area contributed by atoms with Crippen LogP contribution in [0, 0.1) is 20.8 Å². The Bertz CT molecular complexity index is 429. The molecular weight excluding hydrogens is 248 g/mol. The van der Waals surface area contributed by atoms with Crippen LogP contribution in [-0.2, 0) is 4.74 Å². The molecule has 2 unspecified atom stereocenters. The van der Waals surface area contributed by atoms with Gasteiger partial charge in [0.05, 0.1) is 6.10 Å². The molecule has 2 atom stereocenters. The lowest BCUT2D eigenvalue weighted by Crippen LogP contribution is -2.36. The van der Waals surface area contributed by atoms with E-state index < -0.39 is 0 Å². The number of likely N-dealkylation sites (N-methyl/N-ethyl adjacent to an activating group) is 1. The third-order valence-corrected chi connectivity index (χ3v) is 4.34. The molecule has 0 radical (unpaired) electrons. The van der Waals surface area contributed by atoms with E-state index in [0.717, 1.165) is 13.2 Å². The second-order valence-corrected chi connectivity index (χ2v) is 6.14. The van der Waals surface area contributed by atoms with E-state index in [-0.39, 0.29) is 6.04 Å². The molecule has 2 N–H and O–H groups in total. The minimum absolute atomic E-state index is 0.278. The summed E-state index contributed by atoms with van der Waals surface area (Å²) in [5.74, 6) is 0. The number of ether oxygens (including phenoxy) is 1. The fourth-order valence-corrected chi connectivity index (χ4v) is 3.47. The summed E-state index contributed by atoms with van der Waals surface area (Å²) >= 11 is 0. The molecule has 1 aliphatic heterocycles. The van der Waals surface area contributed by atoms with Crippen molar-refractivity contribution < 1.29 is 4.74 Å². The molecule has 1 heterocycles. The third kappa shape index (κ3) is 3.40. The summed E-state index contributed by atoms with van der Waals surface area (Å²) < 4.78 is 5.75. The Morgan fingerprint density at radius 3 is 2.45 bits per heavy atom. The molecule has 0 saturated carbocycles. The topological polar surface area (TPSA) is 38.5 Å². The van der Waals surface area contributed by atoms with Crippen LogP contribution >= 0.6 is 0 Å². The summed E-state index contributed by atoms with van der Waals surface area (Å²) in [5.41, 5.74) is 11.5. The van der Waals surface area contributed by atoms with Crippen LogP contribution in [0.1, 0.15) is 41.1 Å². The number of aryl methyl sites for hydroxylation is 3. The van der Waals surface area contributed by atoms with Gasteiger partial charge in [-0.2, -0.15) is 0 Å². The molecule has 1 aromatic carbocycles. The van der Waals surface area contributed by atoms with Gasteiger partial charge >= 0.3 is 0 Å². The molecule has 2 rings (SSSR count). The highest BCUT2D eigenvalue weighted by Crippen LogP contribution is 2.28. The van der Waals surface area contributed by atoms with Crippen molar-refractivity contribution in [1.29, 1.82) is 0 Å². The van der Waals surface area contributed by atoms with Crippen LogP contribution in [0.25, 0.3) is 0 Å². The summed E-state index contributed by atoms with van der Waals surface area (Å²) in [4.78, 5) is 2.36. The standard InChI is InChI=1S/C17H28N2O/c1-12-8-13(2)17(14(3)9-12)16(10-18)19(4)11-15-6-5-7-20-15/h8-9,15-16H,5-7,10-11,18H2,1-4H3. The van der Waals surface area contributed by atoms with Gasteiger partial charge in [0.1, 0.15) is 0 Å². The highest BCUT2D eigenvalue weighted by Gasteiger charge is 2.24. The van der Waals surface area contributed by atoms with Crippen LogP contribution in [0.15, 0.2) is 12.1 Å². The lowest BCUT2D eigenvalue weighted by molar-refractivity contribution is 0.0687. The van der Waals surface area contributed by atoms with E-state index in [1.54, 1.807) is 0 Å². The van der Waals surface area contributed by atoms with Crippen molar-refractivity contribution >= 4 is 0 Å². The van der Waals surface area contributed by atoms with Gasteiger partial charge in [-0.1, -0.05) is 17.7 Å². The van der Waals surface area contributed by atoms with Crippen molar-refractivity contribution in [3.05, 3.63) is 34.4 Å². The smallest absolute Gasteiger partial charge is 0.0702 e. The fraction of sp³-hybridized carbons (Fsp3) is 0.647. The number of benzene rings is 1. The zero-order valence-corrected chi connectivity index (χ0v) is 13.3. The van der Waals surface area contributed by atoms with Crippen molar-refractivity contribution in [3.8, 4) is 0 Å². The normalized spacial score (nSPS) is 20.6. The van der Waals surface area contributed by atoms with Crippen molar-refractivity contribution in [1.82, 2.24) is 4.90 Å². The predicted octanol–water partition coefficient (Wildman–Crippen LogP) is 2.72. The number of hydrogen-bond acceptors (Lipinski definition) is 3. The van der Waals surface area contributed by atoms with E-state index in [1.165, 1.54) is 35.1 Å². The molecule has 0 spiro atoms. The van der Waals surface area contributed by atoms with Crippen LogP contribution in [0.2, 0.25) is 0 Å². The summed E-state index contributed by atoms with van der Waals surface area (Å²) in [6.07, 6.45) is 2.74. The highest BCUT2D eigenvalue weighted by molar-refractivity contribution is 5.39. The van der Waals surface area contributed by atoms with Crippen LogP contribution in [0.4, 0.5) is 0 Å². The average Bonchev–Trinajstić information content (AvgIpc) is 2.86. The fourth-order valence-electron chi connectivity index (χ4n) is 3.47. The third-order valence-electron chi connectivity index (χ3n) is 4.34.